The molecule has 0 unspecified atom stereocenters. The second-order valence-electron chi connectivity index (χ2n) is 4.57. The number of ether oxygens (including phenoxy) is 3. The maximum Gasteiger partial charge on any atom is 0.0781 e. The normalized spacial score (nSPS) is 16.8. The van der Waals surface area contributed by atoms with E-state index in [9.17, 15) is 0 Å². The van der Waals surface area contributed by atoms with Crippen LogP contribution in [0.4, 0.5) is 0 Å². The summed E-state index contributed by atoms with van der Waals surface area (Å²) in [5.41, 5.74) is 0. The number of hydrogen-bond donors (Lipinski definition) is 1. The summed E-state index contributed by atoms with van der Waals surface area (Å²) in [6, 6.07) is 0. The molecule has 104 valence electrons. The lowest BCUT2D eigenvalue weighted by atomic mass is 10.3. The van der Waals surface area contributed by atoms with E-state index in [1.165, 1.54) is 0 Å². The van der Waals surface area contributed by atoms with Gasteiger partial charge in [-0.25, -0.2) is 0 Å². The van der Waals surface area contributed by atoms with Gasteiger partial charge in [0.05, 0.1) is 38.1 Å². The molecule has 0 saturated heterocycles. The van der Waals surface area contributed by atoms with Crippen LogP contribution in [-0.2, 0) is 14.2 Å². The van der Waals surface area contributed by atoms with Crippen molar-refractivity contribution in [1.29, 1.82) is 0 Å². The Kier molecular flexibility index (Phi) is 10.9. The fourth-order valence-electron chi connectivity index (χ4n) is 1.23. The summed E-state index contributed by atoms with van der Waals surface area (Å²) in [6.07, 6.45) is 1.96. The molecule has 0 spiro atoms. The van der Waals surface area contributed by atoms with E-state index >= 15 is 0 Å². The average molecular weight is 248 g/mol. The summed E-state index contributed by atoms with van der Waals surface area (Å²) in [6.45, 7) is 10.1. The Balaban J connectivity index is 3.35. The maximum atomic E-state index is 9.05. The quantitative estimate of drug-likeness (QED) is 0.568. The number of aliphatic hydroxyl groups excluding tert-OH is 1. The van der Waals surface area contributed by atoms with Crippen molar-refractivity contribution in [2.75, 3.05) is 26.4 Å². The van der Waals surface area contributed by atoms with Crippen LogP contribution < -0.4 is 0 Å². The Bertz CT molecular complexity index is 161. The van der Waals surface area contributed by atoms with E-state index in [0.717, 1.165) is 19.4 Å². The molecule has 0 aliphatic heterocycles. The highest BCUT2D eigenvalue weighted by atomic mass is 16.6. The smallest absolute Gasteiger partial charge is 0.0781 e. The largest absolute Gasteiger partial charge is 0.391 e. The number of unbranched alkanes of at least 4 members (excludes halogenated alkanes) is 1. The average Bonchev–Trinajstić information content (AvgIpc) is 2.27. The van der Waals surface area contributed by atoms with Crippen molar-refractivity contribution in [3.63, 3.8) is 0 Å². The van der Waals surface area contributed by atoms with E-state index in [4.69, 9.17) is 19.3 Å². The van der Waals surface area contributed by atoms with Gasteiger partial charge in [0, 0.05) is 6.61 Å². The highest BCUT2D eigenvalue weighted by Crippen LogP contribution is 1.99. The number of aliphatic hydroxyl groups is 1. The van der Waals surface area contributed by atoms with Crippen molar-refractivity contribution in [2.45, 2.75) is 58.8 Å². The third kappa shape index (κ3) is 12.1. The monoisotopic (exact) mass is 248 g/mol. The van der Waals surface area contributed by atoms with Gasteiger partial charge in [-0.1, -0.05) is 13.3 Å². The molecule has 0 radical (unpaired) electrons. The lowest BCUT2D eigenvalue weighted by Crippen LogP contribution is -2.24. The minimum atomic E-state index is -0.422. The second-order valence-corrected chi connectivity index (χ2v) is 4.57. The zero-order valence-corrected chi connectivity index (χ0v) is 11.6. The summed E-state index contributed by atoms with van der Waals surface area (Å²) in [5.74, 6) is 0. The lowest BCUT2D eigenvalue weighted by Gasteiger charge is -2.17. The molecular formula is C13H28O4. The van der Waals surface area contributed by atoms with Crippen molar-refractivity contribution >= 4 is 0 Å². The van der Waals surface area contributed by atoms with Gasteiger partial charge in [0.2, 0.25) is 0 Å². The summed E-state index contributed by atoms with van der Waals surface area (Å²) >= 11 is 0. The van der Waals surface area contributed by atoms with Gasteiger partial charge < -0.3 is 19.3 Å². The molecule has 0 aromatic heterocycles. The summed E-state index contributed by atoms with van der Waals surface area (Å²) in [5, 5.41) is 9.05. The van der Waals surface area contributed by atoms with Crippen LogP contribution in [0.5, 0.6) is 0 Å². The third-order valence-electron chi connectivity index (χ3n) is 2.23. The molecule has 0 fully saturated rings. The minimum absolute atomic E-state index is 0.00689. The third-order valence-corrected chi connectivity index (χ3v) is 2.23. The van der Waals surface area contributed by atoms with E-state index in [1.807, 2.05) is 13.8 Å². The van der Waals surface area contributed by atoms with Crippen LogP contribution in [0.15, 0.2) is 0 Å². The zero-order chi connectivity index (χ0) is 13.1. The van der Waals surface area contributed by atoms with E-state index in [-0.39, 0.29) is 12.2 Å². The molecule has 17 heavy (non-hydrogen) atoms. The molecule has 0 aromatic carbocycles. The number of hydrogen-bond acceptors (Lipinski definition) is 4. The first-order valence-electron chi connectivity index (χ1n) is 6.55. The molecule has 0 rings (SSSR count). The van der Waals surface area contributed by atoms with Crippen molar-refractivity contribution in [3.05, 3.63) is 0 Å². The molecular weight excluding hydrogens is 220 g/mol. The Hall–Kier alpha value is -0.160. The van der Waals surface area contributed by atoms with E-state index < -0.39 is 6.10 Å². The molecule has 0 heterocycles. The Labute approximate surface area is 105 Å². The SMILES string of the molecule is CCCCO[C@H](C)COC[C@H](C)OC[C@@H](C)O. The Morgan fingerprint density at radius 2 is 1.53 bits per heavy atom. The van der Waals surface area contributed by atoms with Crippen molar-refractivity contribution < 1.29 is 19.3 Å². The maximum absolute atomic E-state index is 9.05. The summed E-state index contributed by atoms with van der Waals surface area (Å²) in [4.78, 5) is 0. The van der Waals surface area contributed by atoms with Crippen molar-refractivity contribution in [3.8, 4) is 0 Å². The Morgan fingerprint density at radius 1 is 0.941 bits per heavy atom. The predicted octanol–water partition coefficient (Wildman–Crippen LogP) is 1.99. The summed E-state index contributed by atoms with van der Waals surface area (Å²) in [7, 11) is 0. The molecule has 3 atom stereocenters. The zero-order valence-electron chi connectivity index (χ0n) is 11.6. The highest BCUT2D eigenvalue weighted by molar-refractivity contribution is 4.53. The van der Waals surface area contributed by atoms with Gasteiger partial charge in [-0.2, -0.15) is 0 Å². The van der Waals surface area contributed by atoms with Crippen LogP contribution in [0.2, 0.25) is 0 Å². The predicted molar refractivity (Wildman–Crippen MR) is 68.2 cm³/mol. The van der Waals surface area contributed by atoms with Gasteiger partial charge in [-0.3, -0.25) is 0 Å². The van der Waals surface area contributed by atoms with Crippen LogP contribution in [0.25, 0.3) is 0 Å². The van der Waals surface area contributed by atoms with E-state index in [1.54, 1.807) is 6.92 Å². The molecule has 0 aromatic rings. The van der Waals surface area contributed by atoms with Crippen LogP contribution in [-0.4, -0.2) is 49.8 Å². The van der Waals surface area contributed by atoms with Gasteiger partial charge in [-0.15, -0.1) is 0 Å². The van der Waals surface area contributed by atoms with E-state index in [2.05, 4.69) is 6.92 Å². The molecule has 0 aliphatic rings. The fraction of sp³-hybridized carbons (Fsp3) is 1.00. The topological polar surface area (TPSA) is 47.9 Å². The molecule has 0 aliphatic carbocycles. The van der Waals surface area contributed by atoms with Crippen molar-refractivity contribution in [1.82, 2.24) is 0 Å². The highest BCUT2D eigenvalue weighted by Gasteiger charge is 2.07. The first-order chi connectivity index (χ1) is 8.06. The molecule has 4 nitrogen and oxygen atoms in total. The van der Waals surface area contributed by atoms with Crippen LogP contribution >= 0.6 is 0 Å². The Morgan fingerprint density at radius 3 is 2.06 bits per heavy atom. The van der Waals surface area contributed by atoms with Crippen LogP contribution in [0, 0.1) is 0 Å². The molecule has 0 amide bonds. The summed E-state index contributed by atoms with van der Waals surface area (Å²) < 4.78 is 16.4. The van der Waals surface area contributed by atoms with Gasteiger partial charge in [0.15, 0.2) is 0 Å². The minimum Gasteiger partial charge on any atom is -0.391 e. The van der Waals surface area contributed by atoms with Crippen molar-refractivity contribution in [2.24, 2.45) is 0 Å². The first kappa shape index (κ1) is 16.8. The molecule has 1 N–H and O–H groups in total. The molecule has 4 heteroatoms. The van der Waals surface area contributed by atoms with Gasteiger partial charge in [0.1, 0.15) is 0 Å². The van der Waals surface area contributed by atoms with E-state index in [0.29, 0.717) is 19.8 Å². The van der Waals surface area contributed by atoms with Gasteiger partial charge >= 0.3 is 0 Å². The first-order valence-corrected chi connectivity index (χ1v) is 6.55. The lowest BCUT2D eigenvalue weighted by molar-refractivity contribution is -0.0607. The number of rotatable bonds is 11. The molecule has 0 bridgehead atoms. The second kappa shape index (κ2) is 11.0. The van der Waals surface area contributed by atoms with Crippen LogP contribution in [0.1, 0.15) is 40.5 Å². The molecule has 0 saturated carbocycles. The van der Waals surface area contributed by atoms with Crippen LogP contribution in [0.3, 0.4) is 0 Å². The standard InChI is InChI=1S/C13H28O4/c1-5-6-7-16-12(3)9-15-10-13(4)17-8-11(2)14/h11-14H,5-10H2,1-4H3/t11-,12-,13+/m1/s1. The fourth-order valence-corrected chi connectivity index (χ4v) is 1.23. The van der Waals surface area contributed by atoms with Gasteiger partial charge in [-0.05, 0) is 27.2 Å². The van der Waals surface area contributed by atoms with Gasteiger partial charge in [0.25, 0.3) is 0 Å².